The average molecular weight is 315 g/mol. The number of fused-ring (bicyclic) bond motifs is 3. The van der Waals surface area contributed by atoms with Crippen molar-refractivity contribution in [2.45, 2.75) is 52.0 Å². The number of halogens is 1. The molecule has 2 aromatic rings. The van der Waals surface area contributed by atoms with Crippen LogP contribution in [0.5, 0.6) is 0 Å². The zero-order valence-electron chi connectivity index (χ0n) is 13.6. The van der Waals surface area contributed by atoms with Crippen LogP contribution in [-0.2, 0) is 4.79 Å². The number of imidazole rings is 1. The number of carbonyl (C=O) groups excluding carboxylic acids is 1. The van der Waals surface area contributed by atoms with Crippen molar-refractivity contribution in [3.63, 3.8) is 0 Å². The van der Waals surface area contributed by atoms with E-state index in [0.29, 0.717) is 6.42 Å². The third-order valence-electron chi connectivity index (χ3n) is 4.66. The second kappa shape index (κ2) is 6.60. The first-order chi connectivity index (χ1) is 11.2. The van der Waals surface area contributed by atoms with E-state index in [1.54, 1.807) is 12.5 Å². The molecule has 0 radical (unpaired) electrons. The summed E-state index contributed by atoms with van der Waals surface area (Å²) >= 11 is 0. The second-order valence-electron chi connectivity index (χ2n) is 6.24. The molecule has 0 N–H and O–H groups in total. The minimum Gasteiger partial charge on any atom is -0.322 e. The van der Waals surface area contributed by atoms with Crippen LogP contribution < -0.4 is 0 Å². The Morgan fingerprint density at radius 1 is 1.30 bits per heavy atom. The third kappa shape index (κ3) is 2.92. The van der Waals surface area contributed by atoms with Crippen molar-refractivity contribution in [2.24, 2.45) is 5.92 Å². The highest BCUT2D eigenvalue weighted by molar-refractivity contribution is 5.83. The van der Waals surface area contributed by atoms with Gasteiger partial charge >= 0.3 is 0 Å². The Kier molecular flexibility index (Phi) is 4.55. The Hall–Kier alpha value is -2.04. The van der Waals surface area contributed by atoms with Crippen LogP contribution in [0.25, 0.3) is 11.3 Å². The lowest BCUT2D eigenvalue weighted by molar-refractivity contribution is -0.123. The molecule has 122 valence electrons. The van der Waals surface area contributed by atoms with Crippen molar-refractivity contribution in [3.8, 4) is 11.3 Å². The zero-order valence-corrected chi connectivity index (χ0v) is 13.6. The van der Waals surface area contributed by atoms with E-state index in [4.69, 9.17) is 0 Å². The maximum atomic E-state index is 13.6. The number of aromatic nitrogens is 3. The lowest BCUT2D eigenvalue weighted by Gasteiger charge is -2.19. The van der Waals surface area contributed by atoms with E-state index in [9.17, 15) is 9.18 Å². The first kappa shape index (κ1) is 15.8. The van der Waals surface area contributed by atoms with Gasteiger partial charge < -0.3 is 4.57 Å². The normalized spacial score (nSPS) is 15.7. The van der Waals surface area contributed by atoms with E-state index in [1.165, 1.54) is 12.3 Å². The fourth-order valence-corrected chi connectivity index (χ4v) is 3.57. The van der Waals surface area contributed by atoms with Crippen molar-refractivity contribution in [1.29, 1.82) is 0 Å². The highest BCUT2D eigenvalue weighted by Gasteiger charge is 2.32. The Bertz CT molecular complexity index is 704. The van der Waals surface area contributed by atoms with Gasteiger partial charge in [-0.15, -0.1) is 0 Å². The van der Waals surface area contributed by atoms with Gasteiger partial charge in [0, 0.05) is 24.1 Å². The Balaban J connectivity index is 1.88. The molecule has 3 heterocycles. The van der Waals surface area contributed by atoms with Crippen LogP contribution in [0.2, 0.25) is 0 Å². The number of rotatable bonds is 7. The number of hydrogen-bond donors (Lipinski definition) is 0. The standard InChI is InChI=1S/C18H22FN3O/c1-3-5-12(6-4-2)17(23)8-15-13-7-18(19)21-9-14(13)16-10-20-11-22(15)16/h7,9-12,15H,3-6,8H2,1-2H3. The summed E-state index contributed by atoms with van der Waals surface area (Å²) in [6.07, 6.45) is 9.27. The predicted molar refractivity (Wildman–Crippen MR) is 86.5 cm³/mol. The lowest BCUT2D eigenvalue weighted by Crippen LogP contribution is -2.19. The molecule has 23 heavy (non-hydrogen) atoms. The van der Waals surface area contributed by atoms with Crippen LogP contribution in [0.1, 0.15) is 57.6 Å². The van der Waals surface area contributed by atoms with Gasteiger partial charge in [-0.3, -0.25) is 4.79 Å². The first-order valence-corrected chi connectivity index (χ1v) is 8.36. The summed E-state index contributed by atoms with van der Waals surface area (Å²) < 4.78 is 15.6. The molecule has 0 saturated carbocycles. The van der Waals surface area contributed by atoms with Gasteiger partial charge in [-0.25, -0.2) is 9.97 Å². The van der Waals surface area contributed by atoms with Crippen LogP contribution in [0.3, 0.4) is 0 Å². The summed E-state index contributed by atoms with van der Waals surface area (Å²) in [4.78, 5) is 20.7. The molecule has 1 atom stereocenters. The molecule has 5 heteroatoms. The summed E-state index contributed by atoms with van der Waals surface area (Å²) in [7, 11) is 0. The number of Topliss-reactive ketones (excluding diaryl/α,β-unsaturated/α-hetero) is 1. The average Bonchev–Trinajstić information content (AvgIpc) is 3.10. The van der Waals surface area contributed by atoms with E-state index in [0.717, 1.165) is 42.5 Å². The third-order valence-corrected chi connectivity index (χ3v) is 4.66. The molecule has 1 aliphatic rings. The van der Waals surface area contributed by atoms with Crippen LogP contribution in [0.15, 0.2) is 24.8 Å². The van der Waals surface area contributed by atoms with E-state index >= 15 is 0 Å². The molecular weight excluding hydrogens is 293 g/mol. The quantitative estimate of drug-likeness (QED) is 0.721. The second-order valence-corrected chi connectivity index (χ2v) is 6.24. The largest absolute Gasteiger partial charge is 0.322 e. The molecule has 0 saturated heterocycles. The van der Waals surface area contributed by atoms with E-state index < -0.39 is 5.95 Å². The molecule has 0 bridgehead atoms. The first-order valence-electron chi connectivity index (χ1n) is 8.36. The molecule has 0 aromatic carbocycles. The summed E-state index contributed by atoms with van der Waals surface area (Å²) in [5.41, 5.74) is 2.63. The van der Waals surface area contributed by atoms with E-state index in [2.05, 4.69) is 23.8 Å². The van der Waals surface area contributed by atoms with Crippen molar-refractivity contribution in [1.82, 2.24) is 14.5 Å². The van der Waals surface area contributed by atoms with Gasteiger partial charge in [0.25, 0.3) is 0 Å². The molecule has 0 fully saturated rings. The Morgan fingerprint density at radius 3 is 2.74 bits per heavy atom. The number of carbonyl (C=O) groups is 1. The topological polar surface area (TPSA) is 47.8 Å². The van der Waals surface area contributed by atoms with Gasteiger partial charge in [0.2, 0.25) is 5.95 Å². The van der Waals surface area contributed by atoms with Crippen molar-refractivity contribution >= 4 is 5.78 Å². The van der Waals surface area contributed by atoms with Gasteiger partial charge in [0.1, 0.15) is 5.78 Å². The molecule has 4 nitrogen and oxygen atoms in total. The fraction of sp³-hybridized carbons (Fsp3) is 0.500. The molecule has 1 aliphatic heterocycles. The maximum Gasteiger partial charge on any atom is 0.213 e. The minimum absolute atomic E-state index is 0.104. The molecular formula is C18H22FN3O. The Labute approximate surface area is 135 Å². The molecule has 3 rings (SSSR count). The maximum absolute atomic E-state index is 13.6. The summed E-state index contributed by atoms with van der Waals surface area (Å²) in [5, 5.41) is 0. The minimum atomic E-state index is -0.501. The highest BCUT2D eigenvalue weighted by atomic mass is 19.1. The summed E-state index contributed by atoms with van der Waals surface area (Å²) in [6, 6.07) is 1.29. The smallest absolute Gasteiger partial charge is 0.213 e. The van der Waals surface area contributed by atoms with Gasteiger partial charge in [0.15, 0.2) is 0 Å². The number of nitrogens with zero attached hydrogens (tertiary/aromatic N) is 3. The van der Waals surface area contributed by atoms with E-state index in [1.807, 2.05) is 4.57 Å². The lowest BCUT2D eigenvalue weighted by atomic mass is 9.89. The monoisotopic (exact) mass is 315 g/mol. The molecule has 0 amide bonds. The van der Waals surface area contributed by atoms with Crippen LogP contribution in [0.4, 0.5) is 4.39 Å². The van der Waals surface area contributed by atoms with Gasteiger partial charge in [0.05, 0.1) is 24.3 Å². The fourth-order valence-electron chi connectivity index (χ4n) is 3.57. The molecule has 0 spiro atoms. The van der Waals surface area contributed by atoms with E-state index in [-0.39, 0.29) is 17.7 Å². The van der Waals surface area contributed by atoms with Crippen molar-refractivity contribution in [3.05, 3.63) is 36.3 Å². The molecule has 0 aliphatic carbocycles. The highest BCUT2D eigenvalue weighted by Crippen LogP contribution is 2.41. The van der Waals surface area contributed by atoms with Crippen LogP contribution in [-0.4, -0.2) is 20.3 Å². The van der Waals surface area contributed by atoms with Gasteiger partial charge in [-0.1, -0.05) is 26.7 Å². The predicted octanol–water partition coefficient (Wildman–Crippen LogP) is 4.16. The van der Waals surface area contributed by atoms with Crippen LogP contribution in [0, 0.1) is 11.9 Å². The number of pyridine rings is 1. The zero-order chi connectivity index (χ0) is 16.4. The number of hydrogen-bond acceptors (Lipinski definition) is 3. The SMILES string of the molecule is CCCC(CCC)C(=O)CC1c2cc(F)ncc2-c2cncn21. The summed E-state index contributed by atoms with van der Waals surface area (Å²) in [5.74, 6) is -0.130. The van der Waals surface area contributed by atoms with Gasteiger partial charge in [-0.05, 0) is 24.5 Å². The molecule has 1 unspecified atom stereocenters. The van der Waals surface area contributed by atoms with Gasteiger partial charge in [-0.2, -0.15) is 4.39 Å². The van der Waals surface area contributed by atoms with Crippen molar-refractivity contribution < 1.29 is 9.18 Å². The Morgan fingerprint density at radius 2 is 2.04 bits per heavy atom. The van der Waals surface area contributed by atoms with Crippen molar-refractivity contribution in [2.75, 3.05) is 0 Å². The summed E-state index contributed by atoms with van der Waals surface area (Å²) in [6.45, 7) is 4.21. The van der Waals surface area contributed by atoms with Crippen LogP contribution >= 0.6 is 0 Å². The number of ketones is 1. The molecule has 2 aromatic heterocycles.